The van der Waals surface area contributed by atoms with Gasteiger partial charge in [0.2, 0.25) is 5.91 Å². The molecule has 4 rings (SSSR count). The molecule has 2 heterocycles. The maximum Gasteiger partial charge on any atom is 0.228 e. The van der Waals surface area contributed by atoms with E-state index in [9.17, 15) is 4.79 Å². The second-order valence-electron chi connectivity index (χ2n) is 9.83. The second-order valence-corrected chi connectivity index (χ2v) is 9.83. The molecule has 0 spiro atoms. The number of nitrogens with one attached hydrogen (secondary N) is 1. The molecule has 2 aromatic carbocycles. The standard InChI is InChI=1S/C30H42N4O2/c1-4-25(5-2)34(26-11-7-6-8-12-26)30(35)15-17-33-20-18-32(19-21-33)16-9-10-24-23-31-29-14-13-27(36-3)22-28(24)29/h6-8,11-14,22-23,25,31H,4-5,9-10,15-21H2,1-3H3. The van der Waals surface area contributed by atoms with E-state index in [1.807, 2.05) is 29.2 Å². The van der Waals surface area contributed by atoms with Crippen molar-refractivity contribution < 1.29 is 9.53 Å². The van der Waals surface area contributed by atoms with Crippen molar-refractivity contribution in [3.05, 3.63) is 60.3 Å². The molecule has 1 saturated heterocycles. The van der Waals surface area contributed by atoms with Crippen molar-refractivity contribution in [3.8, 4) is 5.75 Å². The highest BCUT2D eigenvalue weighted by atomic mass is 16.5. The first-order chi connectivity index (χ1) is 17.6. The molecule has 0 unspecified atom stereocenters. The van der Waals surface area contributed by atoms with E-state index in [-0.39, 0.29) is 11.9 Å². The van der Waals surface area contributed by atoms with Gasteiger partial charge in [-0.15, -0.1) is 0 Å². The van der Waals surface area contributed by atoms with Gasteiger partial charge in [-0.1, -0.05) is 32.0 Å². The number of amides is 1. The average molecular weight is 491 g/mol. The number of carbonyl (C=O) groups is 1. The van der Waals surface area contributed by atoms with Crippen LogP contribution in [0.5, 0.6) is 5.75 Å². The number of aryl methyl sites for hydroxylation is 1. The number of aromatic nitrogens is 1. The Balaban J connectivity index is 1.21. The minimum Gasteiger partial charge on any atom is -0.497 e. The maximum atomic E-state index is 13.3. The number of aromatic amines is 1. The second kappa shape index (κ2) is 12.9. The molecule has 3 aromatic rings. The number of methoxy groups -OCH3 is 1. The summed E-state index contributed by atoms with van der Waals surface area (Å²) in [7, 11) is 1.72. The predicted octanol–water partition coefficient (Wildman–Crippen LogP) is 5.34. The zero-order valence-electron chi connectivity index (χ0n) is 22.2. The number of ether oxygens (including phenoxy) is 1. The fraction of sp³-hybridized carbons (Fsp3) is 0.500. The molecule has 0 atom stereocenters. The molecule has 6 nitrogen and oxygen atoms in total. The summed E-state index contributed by atoms with van der Waals surface area (Å²) >= 11 is 0. The van der Waals surface area contributed by atoms with E-state index in [0.717, 1.165) is 76.4 Å². The van der Waals surface area contributed by atoms with Crippen LogP contribution in [0.15, 0.2) is 54.7 Å². The van der Waals surface area contributed by atoms with Crippen LogP contribution in [-0.4, -0.2) is 73.1 Å². The number of benzene rings is 2. The van der Waals surface area contributed by atoms with E-state index >= 15 is 0 Å². The number of nitrogens with zero attached hydrogens (tertiary/aromatic N) is 3. The lowest BCUT2D eigenvalue weighted by Crippen LogP contribution is -2.48. The Labute approximate surface area is 216 Å². The van der Waals surface area contributed by atoms with Gasteiger partial charge in [0.25, 0.3) is 0 Å². The number of anilines is 1. The first kappa shape index (κ1) is 26.2. The van der Waals surface area contributed by atoms with Crippen molar-refractivity contribution in [3.63, 3.8) is 0 Å². The molecule has 1 aliphatic heterocycles. The van der Waals surface area contributed by atoms with Crippen molar-refractivity contribution in [2.45, 2.75) is 52.0 Å². The summed E-state index contributed by atoms with van der Waals surface area (Å²) in [4.78, 5) is 23.7. The minimum absolute atomic E-state index is 0.243. The van der Waals surface area contributed by atoms with Gasteiger partial charge in [0.15, 0.2) is 0 Å². The Bertz CT molecular complexity index is 1080. The van der Waals surface area contributed by atoms with Crippen LogP contribution in [0.4, 0.5) is 5.69 Å². The summed E-state index contributed by atoms with van der Waals surface area (Å²) in [6.45, 7) is 10.5. The molecule has 1 aromatic heterocycles. The molecule has 1 amide bonds. The summed E-state index contributed by atoms with van der Waals surface area (Å²) in [6, 6.07) is 16.6. The summed E-state index contributed by atoms with van der Waals surface area (Å²) < 4.78 is 5.40. The van der Waals surface area contributed by atoms with Crippen molar-refractivity contribution >= 4 is 22.5 Å². The zero-order chi connectivity index (χ0) is 25.3. The molecule has 0 aliphatic carbocycles. The highest BCUT2D eigenvalue weighted by Crippen LogP contribution is 2.25. The highest BCUT2D eigenvalue weighted by molar-refractivity contribution is 5.94. The van der Waals surface area contributed by atoms with Gasteiger partial charge in [-0.2, -0.15) is 0 Å². The van der Waals surface area contributed by atoms with Crippen molar-refractivity contribution in [1.82, 2.24) is 14.8 Å². The van der Waals surface area contributed by atoms with Crippen LogP contribution in [0.3, 0.4) is 0 Å². The van der Waals surface area contributed by atoms with Crippen LogP contribution in [0.25, 0.3) is 10.9 Å². The van der Waals surface area contributed by atoms with Crippen LogP contribution < -0.4 is 9.64 Å². The van der Waals surface area contributed by atoms with Crippen LogP contribution in [0, 0.1) is 0 Å². The third-order valence-corrected chi connectivity index (χ3v) is 7.61. The number of para-hydroxylation sites is 1. The highest BCUT2D eigenvalue weighted by Gasteiger charge is 2.24. The van der Waals surface area contributed by atoms with Crippen molar-refractivity contribution in [2.24, 2.45) is 0 Å². The Morgan fingerprint density at radius 1 is 1.00 bits per heavy atom. The average Bonchev–Trinajstić information content (AvgIpc) is 3.33. The molecule has 36 heavy (non-hydrogen) atoms. The first-order valence-corrected chi connectivity index (χ1v) is 13.6. The molecule has 1 N–H and O–H groups in total. The lowest BCUT2D eigenvalue weighted by molar-refractivity contribution is -0.119. The Morgan fingerprint density at radius 2 is 1.69 bits per heavy atom. The molecule has 1 aliphatic rings. The summed E-state index contributed by atoms with van der Waals surface area (Å²) in [5.41, 5.74) is 3.56. The SMILES string of the molecule is CCC(CC)N(C(=O)CCN1CCN(CCCc2c[nH]c3ccc(OC)cc23)CC1)c1ccccc1. The number of hydrogen-bond acceptors (Lipinski definition) is 4. The fourth-order valence-electron chi connectivity index (χ4n) is 5.40. The topological polar surface area (TPSA) is 51.8 Å². The van der Waals surface area contributed by atoms with Gasteiger partial charge in [0, 0.05) is 68.0 Å². The van der Waals surface area contributed by atoms with E-state index in [1.165, 1.54) is 16.5 Å². The van der Waals surface area contributed by atoms with Gasteiger partial charge in [0.05, 0.1) is 7.11 Å². The van der Waals surface area contributed by atoms with Crippen LogP contribution in [-0.2, 0) is 11.2 Å². The van der Waals surface area contributed by atoms with Gasteiger partial charge in [-0.25, -0.2) is 0 Å². The number of carbonyl (C=O) groups excluding carboxylic acids is 1. The predicted molar refractivity (Wildman–Crippen MR) is 149 cm³/mol. The Hall–Kier alpha value is -2.83. The van der Waals surface area contributed by atoms with Gasteiger partial charge in [-0.3, -0.25) is 4.79 Å². The first-order valence-electron chi connectivity index (χ1n) is 13.6. The van der Waals surface area contributed by atoms with Crippen LogP contribution in [0.2, 0.25) is 0 Å². The van der Waals surface area contributed by atoms with Gasteiger partial charge < -0.3 is 24.4 Å². The molecule has 0 radical (unpaired) electrons. The van der Waals surface area contributed by atoms with Crippen molar-refractivity contribution in [1.29, 1.82) is 0 Å². The number of hydrogen-bond donors (Lipinski definition) is 1. The summed E-state index contributed by atoms with van der Waals surface area (Å²) in [5.74, 6) is 1.15. The fourth-order valence-corrected chi connectivity index (χ4v) is 5.40. The number of fused-ring (bicyclic) bond motifs is 1. The van der Waals surface area contributed by atoms with Crippen LogP contribution >= 0.6 is 0 Å². The molecule has 0 bridgehead atoms. The summed E-state index contributed by atoms with van der Waals surface area (Å²) in [5, 5.41) is 1.27. The molecular formula is C30H42N4O2. The van der Waals surface area contributed by atoms with E-state index in [4.69, 9.17) is 4.74 Å². The molecular weight excluding hydrogens is 448 g/mol. The molecule has 6 heteroatoms. The quantitative estimate of drug-likeness (QED) is 0.372. The lowest BCUT2D eigenvalue weighted by atomic mass is 10.1. The van der Waals surface area contributed by atoms with E-state index in [2.05, 4.69) is 59.1 Å². The van der Waals surface area contributed by atoms with E-state index in [1.54, 1.807) is 7.11 Å². The van der Waals surface area contributed by atoms with E-state index in [0.29, 0.717) is 6.42 Å². The summed E-state index contributed by atoms with van der Waals surface area (Å²) in [6.07, 6.45) is 6.87. The Morgan fingerprint density at radius 3 is 2.36 bits per heavy atom. The van der Waals surface area contributed by atoms with E-state index < -0.39 is 0 Å². The van der Waals surface area contributed by atoms with Gasteiger partial charge in [-0.05, 0) is 68.1 Å². The normalized spacial score (nSPS) is 15.0. The largest absolute Gasteiger partial charge is 0.497 e. The smallest absolute Gasteiger partial charge is 0.228 e. The van der Waals surface area contributed by atoms with Crippen LogP contribution in [0.1, 0.15) is 45.1 Å². The zero-order valence-corrected chi connectivity index (χ0v) is 22.2. The van der Waals surface area contributed by atoms with Gasteiger partial charge in [0.1, 0.15) is 5.75 Å². The molecule has 194 valence electrons. The number of rotatable bonds is 12. The van der Waals surface area contributed by atoms with Crippen molar-refractivity contribution in [2.75, 3.05) is 51.3 Å². The molecule has 1 fully saturated rings. The third kappa shape index (κ3) is 6.48. The maximum absolute atomic E-state index is 13.3. The number of piperazine rings is 1. The minimum atomic E-state index is 0.243. The third-order valence-electron chi connectivity index (χ3n) is 7.61. The lowest BCUT2D eigenvalue weighted by Gasteiger charge is -2.35. The molecule has 0 saturated carbocycles. The Kier molecular flexibility index (Phi) is 9.42. The number of H-pyrrole nitrogens is 1. The monoisotopic (exact) mass is 490 g/mol. The van der Waals surface area contributed by atoms with Gasteiger partial charge >= 0.3 is 0 Å².